The molecule has 4 heteroatoms. The second kappa shape index (κ2) is 4.98. The van der Waals surface area contributed by atoms with Crippen LogP contribution in [0, 0.1) is 6.92 Å². The Morgan fingerprint density at radius 2 is 1.94 bits per heavy atom. The molecule has 1 aliphatic heterocycles. The minimum Gasteiger partial charge on any atom is -0.508 e. The molecule has 1 aromatic rings. The molecule has 0 bridgehead atoms. The number of phenolic OH excluding ortho intramolecular Hbond substituents is 1. The lowest BCUT2D eigenvalue weighted by Gasteiger charge is -2.35. The van der Waals surface area contributed by atoms with Crippen LogP contribution in [0.1, 0.15) is 29.8 Å². The molecule has 0 aliphatic carbocycles. The Labute approximate surface area is 107 Å². The fourth-order valence-electron chi connectivity index (χ4n) is 2.27. The van der Waals surface area contributed by atoms with Crippen molar-refractivity contribution < 1.29 is 14.6 Å². The number of carbonyl (C=O) groups excluding carboxylic acids is 1. The summed E-state index contributed by atoms with van der Waals surface area (Å²) < 4.78 is 5.60. The summed E-state index contributed by atoms with van der Waals surface area (Å²) in [4.78, 5) is 14.1. The predicted octanol–water partition coefficient (Wildman–Crippen LogP) is 1.95. The lowest BCUT2D eigenvalue weighted by atomic mass is 10.1. The highest BCUT2D eigenvalue weighted by Gasteiger charge is 2.26. The molecule has 2 rings (SSSR count). The van der Waals surface area contributed by atoms with Gasteiger partial charge in [-0.25, -0.2) is 0 Å². The summed E-state index contributed by atoms with van der Waals surface area (Å²) in [6, 6.07) is 5.04. The molecule has 18 heavy (non-hydrogen) atoms. The lowest BCUT2D eigenvalue weighted by molar-refractivity contribution is -0.0586. The number of nitrogens with zero attached hydrogens (tertiary/aromatic N) is 1. The first-order valence-electron chi connectivity index (χ1n) is 6.21. The van der Waals surface area contributed by atoms with E-state index in [1.807, 2.05) is 20.8 Å². The Morgan fingerprint density at radius 1 is 1.33 bits per heavy atom. The van der Waals surface area contributed by atoms with E-state index < -0.39 is 0 Å². The molecule has 1 fully saturated rings. The summed E-state index contributed by atoms with van der Waals surface area (Å²) in [5.74, 6) is 0.113. The van der Waals surface area contributed by atoms with Gasteiger partial charge in [0.05, 0.1) is 12.2 Å². The molecular weight excluding hydrogens is 230 g/mol. The van der Waals surface area contributed by atoms with Crippen LogP contribution < -0.4 is 0 Å². The van der Waals surface area contributed by atoms with Gasteiger partial charge in [0.2, 0.25) is 0 Å². The molecule has 2 atom stereocenters. The van der Waals surface area contributed by atoms with Crippen LogP contribution in [0.4, 0.5) is 0 Å². The lowest BCUT2D eigenvalue weighted by Crippen LogP contribution is -2.48. The Kier molecular flexibility index (Phi) is 3.57. The van der Waals surface area contributed by atoms with Crippen molar-refractivity contribution in [2.24, 2.45) is 0 Å². The Bertz CT molecular complexity index is 448. The van der Waals surface area contributed by atoms with Crippen molar-refractivity contribution >= 4 is 5.91 Å². The van der Waals surface area contributed by atoms with Crippen molar-refractivity contribution in [3.8, 4) is 5.75 Å². The number of hydrogen-bond acceptors (Lipinski definition) is 3. The number of ether oxygens (including phenoxy) is 1. The van der Waals surface area contributed by atoms with Crippen LogP contribution in [0.3, 0.4) is 0 Å². The van der Waals surface area contributed by atoms with Gasteiger partial charge in [-0.2, -0.15) is 0 Å². The number of aryl methyl sites for hydroxylation is 1. The molecule has 1 aromatic carbocycles. The molecule has 0 saturated carbocycles. The number of phenols is 1. The maximum absolute atomic E-state index is 12.3. The zero-order chi connectivity index (χ0) is 13.3. The van der Waals surface area contributed by atoms with E-state index in [-0.39, 0.29) is 23.9 Å². The summed E-state index contributed by atoms with van der Waals surface area (Å²) >= 11 is 0. The van der Waals surface area contributed by atoms with E-state index in [2.05, 4.69) is 0 Å². The van der Waals surface area contributed by atoms with Gasteiger partial charge in [0.1, 0.15) is 5.75 Å². The van der Waals surface area contributed by atoms with Gasteiger partial charge in [0.15, 0.2) is 0 Å². The second-order valence-corrected chi connectivity index (χ2v) is 4.97. The Balaban J connectivity index is 2.17. The quantitative estimate of drug-likeness (QED) is 0.827. The summed E-state index contributed by atoms with van der Waals surface area (Å²) in [7, 11) is 0. The number of aromatic hydroxyl groups is 1. The molecule has 1 saturated heterocycles. The van der Waals surface area contributed by atoms with Crippen molar-refractivity contribution in [3.63, 3.8) is 0 Å². The zero-order valence-electron chi connectivity index (χ0n) is 11.0. The number of morpholine rings is 1. The number of benzene rings is 1. The summed E-state index contributed by atoms with van der Waals surface area (Å²) in [5.41, 5.74) is 1.30. The van der Waals surface area contributed by atoms with Gasteiger partial charge in [-0.3, -0.25) is 4.79 Å². The van der Waals surface area contributed by atoms with Gasteiger partial charge in [0.25, 0.3) is 5.91 Å². The van der Waals surface area contributed by atoms with E-state index in [0.29, 0.717) is 18.7 Å². The van der Waals surface area contributed by atoms with Gasteiger partial charge >= 0.3 is 0 Å². The Morgan fingerprint density at radius 3 is 2.50 bits per heavy atom. The first-order chi connectivity index (χ1) is 8.47. The van der Waals surface area contributed by atoms with Crippen molar-refractivity contribution in [2.75, 3.05) is 13.1 Å². The second-order valence-electron chi connectivity index (χ2n) is 4.97. The largest absolute Gasteiger partial charge is 0.508 e. The van der Waals surface area contributed by atoms with E-state index in [4.69, 9.17) is 4.74 Å². The Hall–Kier alpha value is -1.55. The monoisotopic (exact) mass is 249 g/mol. The van der Waals surface area contributed by atoms with Crippen LogP contribution in [0.5, 0.6) is 5.75 Å². The van der Waals surface area contributed by atoms with E-state index in [1.54, 1.807) is 17.0 Å². The van der Waals surface area contributed by atoms with Crippen LogP contribution >= 0.6 is 0 Å². The normalized spacial score (nSPS) is 24.1. The average molecular weight is 249 g/mol. The third-order valence-electron chi connectivity index (χ3n) is 3.16. The molecule has 0 spiro atoms. The predicted molar refractivity (Wildman–Crippen MR) is 68.8 cm³/mol. The number of carbonyl (C=O) groups is 1. The summed E-state index contributed by atoms with van der Waals surface area (Å²) in [6.07, 6.45) is 0.105. The minimum atomic E-state index is -0.0488. The van der Waals surface area contributed by atoms with Gasteiger partial charge in [0, 0.05) is 18.7 Å². The first-order valence-corrected chi connectivity index (χ1v) is 6.21. The average Bonchev–Trinajstić information content (AvgIpc) is 2.30. The number of amides is 1. The smallest absolute Gasteiger partial charge is 0.254 e. The third kappa shape index (κ3) is 2.64. The van der Waals surface area contributed by atoms with E-state index in [9.17, 15) is 9.90 Å². The molecule has 4 nitrogen and oxygen atoms in total. The van der Waals surface area contributed by atoms with E-state index in [0.717, 1.165) is 5.56 Å². The number of rotatable bonds is 1. The zero-order valence-corrected chi connectivity index (χ0v) is 11.0. The van der Waals surface area contributed by atoms with Crippen molar-refractivity contribution in [1.82, 2.24) is 4.90 Å². The summed E-state index contributed by atoms with van der Waals surface area (Å²) in [5, 5.41) is 9.66. The highest BCUT2D eigenvalue weighted by molar-refractivity contribution is 5.94. The molecule has 1 amide bonds. The molecule has 0 aromatic heterocycles. The van der Waals surface area contributed by atoms with Crippen LogP contribution in [-0.2, 0) is 4.74 Å². The maximum Gasteiger partial charge on any atom is 0.254 e. The third-order valence-corrected chi connectivity index (χ3v) is 3.16. The number of hydrogen-bond donors (Lipinski definition) is 1. The molecule has 1 aliphatic rings. The highest BCUT2D eigenvalue weighted by Crippen LogP contribution is 2.20. The summed E-state index contributed by atoms with van der Waals surface area (Å²) in [6.45, 7) is 6.92. The van der Waals surface area contributed by atoms with Crippen molar-refractivity contribution in [1.29, 1.82) is 0 Å². The standard InChI is InChI=1S/C14H19NO3/c1-9-4-5-12(6-13(9)16)14(17)15-7-10(2)18-11(3)8-15/h4-6,10-11,16H,7-8H2,1-3H3. The fraction of sp³-hybridized carbons (Fsp3) is 0.500. The van der Waals surface area contributed by atoms with Gasteiger partial charge < -0.3 is 14.7 Å². The topological polar surface area (TPSA) is 49.8 Å². The van der Waals surface area contributed by atoms with Crippen molar-refractivity contribution in [3.05, 3.63) is 29.3 Å². The van der Waals surface area contributed by atoms with E-state index in [1.165, 1.54) is 6.07 Å². The van der Waals surface area contributed by atoms with Crippen LogP contribution in [0.2, 0.25) is 0 Å². The molecular formula is C14H19NO3. The molecule has 0 radical (unpaired) electrons. The SMILES string of the molecule is Cc1ccc(C(=O)N2CC(C)OC(C)C2)cc1O. The molecule has 98 valence electrons. The van der Waals surface area contributed by atoms with E-state index >= 15 is 0 Å². The van der Waals surface area contributed by atoms with Crippen LogP contribution in [0.25, 0.3) is 0 Å². The fourth-order valence-corrected chi connectivity index (χ4v) is 2.27. The van der Waals surface area contributed by atoms with Gasteiger partial charge in [-0.15, -0.1) is 0 Å². The van der Waals surface area contributed by atoms with Gasteiger partial charge in [-0.05, 0) is 38.5 Å². The molecule has 1 N–H and O–H groups in total. The maximum atomic E-state index is 12.3. The molecule has 1 heterocycles. The van der Waals surface area contributed by atoms with Crippen molar-refractivity contribution in [2.45, 2.75) is 33.0 Å². The highest BCUT2D eigenvalue weighted by atomic mass is 16.5. The minimum absolute atomic E-state index is 0.0488. The van der Waals surface area contributed by atoms with Crippen LogP contribution in [-0.4, -0.2) is 41.2 Å². The first kappa shape index (κ1) is 12.9. The molecule has 2 unspecified atom stereocenters. The van der Waals surface area contributed by atoms with Crippen LogP contribution in [0.15, 0.2) is 18.2 Å². The van der Waals surface area contributed by atoms with Gasteiger partial charge in [-0.1, -0.05) is 6.07 Å².